The summed E-state index contributed by atoms with van der Waals surface area (Å²) in [6.07, 6.45) is -12.1. The smallest absolute Gasteiger partial charge is 0.323 e. The molecule has 0 bridgehead atoms. The molecule has 0 radical (unpaired) electrons. The van der Waals surface area contributed by atoms with Crippen LogP contribution >= 0.6 is 0 Å². The average molecular weight is 905 g/mol. The third kappa shape index (κ3) is 7.49. The van der Waals surface area contributed by atoms with E-state index in [0.29, 0.717) is 22.3 Å². The average Bonchev–Trinajstić information content (AvgIpc) is 3.21. The first-order valence-electron chi connectivity index (χ1n) is 18.3. The first-order chi connectivity index (χ1) is 28.9. The minimum Gasteiger partial charge on any atom is -0.323 e. The lowest BCUT2D eigenvalue weighted by Gasteiger charge is -2.38. The maximum atomic E-state index is 13.6. The maximum Gasteiger partial charge on any atom is 0.473 e. The quantitative estimate of drug-likeness (QED) is 0.0737. The van der Waals surface area contributed by atoms with Crippen LogP contribution in [-0.4, -0.2) is 73.0 Å². The number of hydrogen-bond acceptors (Lipinski definition) is 10. The molecule has 0 aliphatic heterocycles. The summed E-state index contributed by atoms with van der Waals surface area (Å²) in [5, 5.41) is 6.99. The summed E-state index contributed by atoms with van der Waals surface area (Å²) in [7, 11) is -10.5. The Kier molecular flexibility index (Phi) is 11.7. The van der Waals surface area contributed by atoms with Gasteiger partial charge in [0.05, 0.1) is 22.8 Å². The summed E-state index contributed by atoms with van der Waals surface area (Å²) < 4.78 is 152. The fourth-order valence-corrected chi connectivity index (χ4v) is 10.5. The highest BCUT2D eigenvalue weighted by Gasteiger charge is 2.55. The maximum absolute atomic E-state index is 13.6. The molecule has 2 atom stereocenters. The standard InChI is InChI=1S/C40H34F6N6O8S2/c1-3-21-17-23(37(61(55,56)57)19-31(51-47)33(49-35(53)39(41,42)43)27-9-5-7-11-29(27)37)13-15-25(21)26-16-14-24(18-22(26)4-2)38(62(58,59)60)20-32(52-48)34(50-36(54)40(44,45)46)28-10-6-8-12-30(28)38/h5-18H,3-4,19-20,47-48H2,1-2H3,(H,55,56,57)(H,58,59,60). The molecule has 2 aliphatic rings. The number of fused-ring (bicyclic) bond motifs is 2. The lowest BCUT2D eigenvalue weighted by atomic mass is 9.74. The van der Waals surface area contributed by atoms with Crippen LogP contribution in [0.5, 0.6) is 0 Å². The van der Waals surface area contributed by atoms with Gasteiger partial charge in [-0.3, -0.25) is 18.7 Å². The molecule has 2 unspecified atom stereocenters. The molecule has 4 aromatic carbocycles. The molecule has 2 amide bonds. The Balaban J connectivity index is 1.55. The molecule has 0 saturated heterocycles. The fraction of sp³-hybridized carbons (Fsp3) is 0.250. The topological polar surface area (TPSA) is 244 Å². The van der Waals surface area contributed by atoms with E-state index < -0.39 is 89.6 Å². The summed E-state index contributed by atoms with van der Waals surface area (Å²) >= 11 is 0. The highest BCUT2D eigenvalue weighted by atomic mass is 32.2. The molecule has 0 fully saturated rings. The molecule has 2 aliphatic carbocycles. The van der Waals surface area contributed by atoms with Crippen molar-refractivity contribution in [3.63, 3.8) is 0 Å². The van der Waals surface area contributed by atoms with Gasteiger partial charge in [0, 0.05) is 24.0 Å². The van der Waals surface area contributed by atoms with Crippen LogP contribution in [0.4, 0.5) is 26.3 Å². The number of hydrogen-bond donors (Lipinski definition) is 4. The Morgan fingerprint density at radius 1 is 0.597 bits per heavy atom. The SMILES string of the molecule is CCc1cc(C2(S(=O)(=O)O)CC(=NN)C(=NC(=O)C(F)(F)F)c3ccccc32)ccc1-c1ccc(C2(S(=O)(=O)O)CC(=NN)C(=NC(=O)C(F)(F)F)c3ccccc32)cc1CC. The van der Waals surface area contributed by atoms with E-state index in [1.54, 1.807) is 13.8 Å². The highest BCUT2D eigenvalue weighted by molar-refractivity contribution is 7.87. The van der Waals surface area contributed by atoms with Gasteiger partial charge >= 0.3 is 24.2 Å². The lowest BCUT2D eigenvalue weighted by Crippen LogP contribution is -2.46. The number of benzene rings is 4. The van der Waals surface area contributed by atoms with Crippen molar-refractivity contribution in [2.75, 3.05) is 0 Å². The number of rotatable bonds is 7. The van der Waals surface area contributed by atoms with Gasteiger partial charge < -0.3 is 11.7 Å². The van der Waals surface area contributed by atoms with Crippen LogP contribution in [0.15, 0.2) is 105 Å². The van der Waals surface area contributed by atoms with Gasteiger partial charge in [0.2, 0.25) is 0 Å². The zero-order valence-electron chi connectivity index (χ0n) is 32.3. The minimum atomic E-state index is -5.39. The Hall–Kier alpha value is -6.10. The van der Waals surface area contributed by atoms with Crippen LogP contribution in [0.1, 0.15) is 71.2 Å². The molecule has 0 spiro atoms. The second-order valence-electron chi connectivity index (χ2n) is 14.2. The number of carbonyl (C=O) groups excluding carboxylic acids is 2. The van der Waals surface area contributed by atoms with Crippen molar-refractivity contribution in [3.05, 3.63) is 129 Å². The van der Waals surface area contributed by atoms with Gasteiger partial charge in [-0.15, -0.1) is 0 Å². The van der Waals surface area contributed by atoms with E-state index in [4.69, 9.17) is 11.7 Å². The van der Waals surface area contributed by atoms with Crippen LogP contribution < -0.4 is 11.7 Å². The van der Waals surface area contributed by atoms with Crippen molar-refractivity contribution >= 4 is 54.9 Å². The van der Waals surface area contributed by atoms with Crippen LogP contribution in [0.3, 0.4) is 0 Å². The number of amides is 2. The molecule has 14 nitrogen and oxygen atoms in total. The number of alkyl halides is 6. The van der Waals surface area contributed by atoms with Crippen molar-refractivity contribution in [1.29, 1.82) is 0 Å². The predicted molar refractivity (Wildman–Crippen MR) is 216 cm³/mol. The van der Waals surface area contributed by atoms with Gasteiger partial charge in [0.1, 0.15) is 0 Å². The van der Waals surface area contributed by atoms with Gasteiger partial charge in [-0.1, -0.05) is 98.8 Å². The zero-order chi connectivity index (χ0) is 45.8. The second kappa shape index (κ2) is 16.0. The third-order valence-electron chi connectivity index (χ3n) is 10.9. The predicted octanol–water partition coefficient (Wildman–Crippen LogP) is 5.93. The summed E-state index contributed by atoms with van der Waals surface area (Å²) in [4.78, 5) is 30.4. The summed E-state index contributed by atoms with van der Waals surface area (Å²) in [5.74, 6) is 6.12. The molecular weight excluding hydrogens is 871 g/mol. The van der Waals surface area contributed by atoms with Gasteiger partial charge in [0.25, 0.3) is 20.2 Å². The molecule has 0 aromatic heterocycles. The summed E-state index contributed by atoms with van der Waals surface area (Å²) in [6.45, 7) is 3.45. The Morgan fingerprint density at radius 2 is 0.935 bits per heavy atom. The highest BCUT2D eigenvalue weighted by Crippen LogP contribution is 2.49. The number of nitrogens with zero attached hydrogens (tertiary/aromatic N) is 4. The van der Waals surface area contributed by atoms with Gasteiger partial charge in [0.15, 0.2) is 9.49 Å². The van der Waals surface area contributed by atoms with Gasteiger partial charge in [-0.25, -0.2) is 9.98 Å². The Bertz CT molecular complexity index is 2700. The summed E-state index contributed by atoms with van der Waals surface area (Å²) in [6, 6.07) is 19.0. The van der Waals surface area contributed by atoms with Crippen LogP contribution in [0.25, 0.3) is 11.1 Å². The fourth-order valence-electron chi connectivity index (χ4n) is 8.09. The van der Waals surface area contributed by atoms with Crippen molar-refractivity contribution in [1.82, 2.24) is 0 Å². The molecule has 62 heavy (non-hydrogen) atoms. The third-order valence-corrected chi connectivity index (χ3v) is 13.9. The largest absolute Gasteiger partial charge is 0.473 e. The molecule has 6 rings (SSSR count). The van der Waals surface area contributed by atoms with Crippen molar-refractivity contribution < 1.29 is 61.9 Å². The molecule has 6 N–H and O–H groups in total. The van der Waals surface area contributed by atoms with Crippen LogP contribution in [0, 0.1) is 0 Å². The molecular formula is C40H34F6N6O8S2. The Labute approximate surface area is 349 Å². The number of halogens is 6. The first kappa shape index (κ1) is 45.4. The van der Waals surface area contributed by atoms with E-state index in [-0.39, 0.29) is 46.2 Å². The van der Waals surface area contributed by atoms with E-state index in [2.05, 4.69) is 20.2 Å². The van der Waals surface area contributed by atoms with Gasteiger partial charge in [-0.05, 0) is 57.3 Å². The van der Waals surface area contributed by atoms with E-state index >= 15 is 0 Å². The number of hydrazone groups is 2. The van der Waals surface area contributed by atoms with Crippen molar-refractivity contribution in [2.45, 2.75) is 61.4 Å². The Morgan fingerprint density at radius 3 is 1.23 bits per heavy atom. The number of carbonyl (C=O) groups is 2. The van der Waals surface area contributed by atoms with Crippen molar-refractivity contribution in [3.8, 4) is 11.1 Å². The molecule has 22 heteroatoms. The number of nitrogens with two attached hydrogens (primary N) is 2. The van der Waals surface area contributed by atoms with Crippen LogP contribution in [0.2, 0.25) is 0 Å². The number of aryl methyl sites for hydroxylation is 2. The summed E-state index contributed by atoms with van der Waals surface area (Å²) in [5.41, 5.74) is -1.58. The van der Waals surface area contributed by atoms with Crippen LogP contribution in [-0.2, 0) is 52.2 Å². The monoisotopic (exact) mass is 904 g/mol. The molecule has 4 aromatic rings. The van der Waals surface area contributed by atoms with E-state index in [1.165, 1.54) is 84.9 Å². The molecule has 326 valence electrons. The van der Waals surface area contributed by atoms with Gasteiger partial charge in [-0.2, -0.15) is 53.4 Å². The van der Waals surface area contributed by atoms with Crippen molar-refractivity contribution in [2.24, 2.45) is 31.9 Å². The van der Waals surface area contributed by atoms with E-state index in [0.717, 1.165) is 0 Å². The second-order valence-corrected chi connectivity index (χ2v) is 17.5. The normalized spacial score (nSPS) is 22.2. The molecule has 0 heterocycles. The van der Waals surface area contributed by atoms with E-state index in [9.17, 15) is 61.9 Å². The number of aliphatic imine (C=N–C) groups is 2. The minimum absolute atomic E-state index is 0.0655. The lowest BCUT2D eigenvalue weighted by molar-refractivity contribution is -0.169. The first-order valence-corrected chi connectivity index (χ1v) is 21.1. The molecule has 0 saturated carbocycles. The zero-order valence-corrected chi connectivity index (χ0v) is 33.9. The van der Waals surface area contributed by atoms with E-state index in [1.807, 2.05) is 0 Å².